The number of carbonyl (C=O) groups is 1. The molecule has 0 aliphatic rings. The van der Waals surface area contributed by atoms with Crippen molar-refractivity contribution in [2.24, 2.45) is 7.05 Å². The van der Waals surface area contributed by atoms with Gasteiger partial charge in [0.1, 0.15) is 22.1 Å². The molecule has 12 heteroatoms. The number of hydrogen-bond acceptors (Lipinski definition) is 9. The van der Waals surface area contributed by atoms with Crippen LogP contribution in [0.15, 0.2) is 69.2 Å². The van der Waals surface area contributed by atoms with Crippen molar-refractivity contribution < 1.29 is 9.53 Å². The smallest absolute Gasteiger partial charge is 0.231 e. The normalized spacial score (nSPS) is 10.8. The molecule has 3 heterocycles. The second-order valence-corrected chi connectivity index (χ2v) is 8.25. The highest BCUT2D eigenvalue weighted by molar-refractivity contribution is 7.99. The lowest BCUT2D eigenvalue weighted by molar-refractivity contribution is -0.115. The van der Waals surface area contributed by atoms with E-state index in [4.69, 9.17) is 4.74 Å². The van der Waals surface area contributed by atoms with Gasteiger partial charge in [0.2, 0.25) is 5.91 Å². The summed E-state index contributed by atoms with van der Waals surface area (Å²) in [6, 6.07) is 9.34. The molecule has 10 nitrogen and oxygen atoms in total. The maximum atomic E-state index is 12.6. The molecular formula is C19H18N8O2S2. The van der Waals surface area contributed by atoms with Gasteiger partial charge in [-0.2, -0.15) is 10.2 Å². The predicted molar refractivity (Wildman–Crippen MR) is 115 cm³/mol. The van der Waals surface area contributed by atoms with Gasteiger partial charge in [-0.1, -0.05) is 23.9 Å². The van der Waals surface area contributed by atoms with Crippen LogP contribution in [0.3, 0.4) is 0 Å². The minimum absolute atomic E-state index is 0.0336. The summed E-state index contributed by atoms with van der Waals surface area (Å²) in [5.74, 6) is 0.960. The number of anilines is 1. The molecule has 31 heavy (non-hydrogen) atoms. The zero-order chi connectivity index (χ0) is 21.6. The molecule has 0 aliphatic carbocycles. The number of nitrogens with zero attached hydrogens (tertiary/aromatic N) is 6. The largest absolute Gasteiger partial charge is 0.496 e. The van der Waals surface area contributed by atoms with E-state index in [-0.39, 0.29) is 12.3 Å². The van der Waals surface area contributed by atoms with Crippen LogP contribution in [0.25, 0.3) is 0 Å². The number of aromatic amines is 1. The summed E-state index contributed by atoms with van der Waals surface area (Å²) >= 11 is 2.67. The van der Waals surface area contributed by atoms with E-state index in [1.807, 2.05) is 24.3 Å². The Kier molecular flexibility index (Phi) is 6.48. The standard InChI is InChI=1S/C19H18N8O2S2/c1-27-8-7-15(26-27)24-16(28)9-12-18(30-14-6-4-3-5-13(14)29-2)20-10-17(23-12)31-19-21-11-22-25-19/h3-8,10-11H,9H2,1-2H3,(H,21,22,25)(H,24,26,28). The van der Waals surface area contributed by atoms with Crippen LogP contribution in [0, 0.1) is 0 Å². The third kappa shape index (κ3) is 5.41. The van der Waals surface area contributed by atoms with Gasteiger partial charge < -0.3 is 10.1 Å². The molecule has 0 saturated heterocycles. The molecule has 4 aromatic rings. The van der Waals surface area contributed by atoms with E-state index < -0.39 is 0 Å². The number of amides is 1. The minimum atomic E-state index is -0.239. The van der Waals surface area contributed by atoms with Gasteiger partial charge in [0, 0.05) is 19.3 Å². The number of aryl methyl sites for hydroxylation is 1. The third-order valence-corrected chi connectivity index (χ3v) is 5.85. The van der Waals surface area contributed by atoms with Gasteiger partial charge in [-0.05, 0) is 23.9 Å². The van der Waals surface area contributed by atoms with E-state index >= 15 is 0 Å². The van der Waals surface area contributed by atoms with Crippen molar-refractivity contribution >= 4 is 35.2 Å². The van der Waals surface area contributed by atoms with Crippen LogP contribution in [0.2, 0.25) is 0 Å². The van der Waals surface area contributed by atoms with Crippen molar-refractivity contribution in [3.05, 3.63) is 54.7 Å². The second-order valence-electron chi connectivity index (χ2n) is 6.21. The summed E-state index contributed by atoms with van der Waals surface area (Å²) in [5.41, 5.74) is 0.536. The Bertz CT molecular complexity index is 1180. The second kappa shape index (κ2) is 9.62. The number of ether oxygens (including phenoxy) is 1. The van der Waals surface area contributed by atoms with Crippen molar-refractivity contribution in [1.29, 1.82) is 0 Å². The SMILES string of the molecule is COc1ccccc1Sc1ncc(Sc2ncn[nH]2)nc1CC(=O)Nc1ccn(C)n1. The van der Waals surface area contributed by atoms with Crippen LogP contribution in [-0.2, 0) is 18.3 Å². The van der Waals surface area contributed by atoms with Gasteiger partial charge in [-0.25, -0.2) is 15.0 Å². The van der Waals surface area contributed by atoms with E-state index in [1.54, 1.807) is 37.3 Å². The molecule has 158 valence electrons. The number of nitrogens with one attached hydrogen (secondary N) is 2. The zero-order valence-corrected chi connectivity index (χ0v) is 18.3. The Morgan fingerprint density at radius 1 is 1.23 bits per heavy atom. The average molecular weight is 455 g/mol. The van der Waals surface area contributed by atoms with Crippen molar-refractivity contribution in [2.45, 2.75) is 26.5 Å². The van der Waals surface area contributed by atoms with Crippen LogP contribution >= 0.6 is 23.5 Å². The Labute approximate surface area is 186 Å². The van der Waals surface area contributed by atoms with Gasteiger partial charge in [0.25, 0.3) is 0 Å². The maximum Gasteiger partial charge on any atom is 0.231 e. The Morgan fingerprint density at radius 3 is 2.84 bits per heavy atom. The fourth-order valence-corrected chi connectivity index (χ4v) is 4.22. The number of rotatable bonds is 8. The third-order valence-electron chi connectivity index (χ3n) is 3.96. The summed E-state index contributed by atoms with van der Waals surface area (Å²) in [7, 11) is 3.40. The van der Waals surface area contributed by atoms with E-state index in [2.05, 4.69) is 35.6 Å². The van der Waals surface area contributed by atoms with Gasteiger partial charge in [0.05, 0.1) is 30.3 Å². The number of benzene rings is 1. The summed E-state index contributed by atoms with van der Waals surface area (Å²) in [6.07, 6.45) is 4.85. The highest BCUT2D eigenvalue weighted by Gasteiger charge is 2.17. The highest BCUT2D eigenvalue weighted by Crippen LogP contribution is 2.36. The summed E-state index contributed by atoms with van der Waals surface area (Å²) in [4.78, 5) is 26.8. The summed E-state index contributed by atoms with van der Waals surface area (Å²) in [6.45, 7) is 0. The van der Waals surface area contributed by atoms with Gasteiger partial charge in [0.15, 0.2) is 11.0 Å². The molecule has 0 saturated carbocycles. The van der Waals surface area contributed by atoms with Gasteiger partial charge >= 0.3 is 0 Å². The van der Waals surface area contributed by atoms with E-state index in [0.29, 0.717) is 26.7 Å². The van der Waals surface area contributed by atoms with Crippen molar-refractivity contribution in [3.63, 3.8) is 0 Å². The molecule has 3 aromatic heterocycles. The van der Waals surface area contributed by atoms with E-state index in [1.165, 1.54) is 29.9 Å². The van der Waals surface area contributed by atoms with Crippen molar-refractivity contribution in [2.75, 3.05) is 12.4 Å². The predicted octanol–water partition coefficient (Wildman–Crippen LogP) is 2.82. The lowest BCUT2D eigenvalue weighted by atomic mass is 10.3. The maximum absolute atomic E-state index is 12.6. The molecule has 0 spiro atoms. The Hall–Kier alpha value is -3.38. The molecule has 0 aliphatic heterocycles. The van der Waals surface area contributed by atoms with Crippen LogP contribution in [0.1, 0.15) is 5.69 Å². The van der Waals surface area contributed by atoms with Crippen LogP contribution in [0.4, 0.5) is 5.82 Å². The van der Waals surface area contributed by atoms with E-state index in [0.717, 1.165) is 10.6 Å². The number of H-pyrrole nitrogens is 1. The average Bonchev–Trinajstić information content (AvgIpc) is 3.42. The first-order valence-electron chi connectivity index (χ1n) is 9.10. The Balaban J connectivity index is 1.60. The number of aromatic nitrogens is 7. The lowest BCUT2D eigenvalue weighted by Gasteiger charge is -2.11. The monoisotopic (exact) mass is 454 g/mol. The molecule has 0 atom stereocenters. The molecule has 4 rings (SSSR count). The number of carbonyl (C=O) groups excluding carboxylic acids is 1. The molecule has 0 radical (unpaired) electrons. The fraction of sp³-hybridized carbons (Fsp3) is 0.158. The van der Waals surface area contributed by atoms with Crippen molar-refractivity contribution in [1.82, 2.24) is 34.9 Å². The highest BCUT2D eigenvalue weighted by atomic mass is 32.2. The summed E-state index contributed by atoms with van der Waals surface area (Å²) < 4.78 is 7.05. The molecular weight excluding hydrogens is 436 g/mol. The molecule has 1 aromatic carbocycles. The van der Waals surface area contributed by atoms with E-state index in [9.17, 15) is 4.79 Å². The first-order chi connectivity index (χ1) is 15.1. The minimum Gasteiger partial charge on any atom is -0.496 e. The fourth-order valence-electron chi connectivity index (χ4n) is 2.62. The topological polar surface area (TPSA) is 124 Å². The number of para-hydroxylation sites is 1. The molecule has 0 unspecified atom stereocenters. The summed E-state index contributed by atoms with van der Waals surface area (Å²) in [5, 5.41) is 15.4. The Morgan fingerprint density at radius 2 is 2.10 bits per heavy atom. The molecule has 1 amide bonds. The van der Waals surface area contributed by atoms with Crippen LogP contribution in [0.5, 0.6) is 5.75 Å². The first-order valence-corrected chi connectivity index (χ1v) is 10.7. The lowest BCUT2D eigenvalue weighted by Crippen LogP contribution is -2.17. The first kappa shape index (κ1) is 20.9. The van der Waals surface area contributed by atoms with Crippen molar-refractivity contribution in [3.8, 4) is 5.75 Å². The van der Waals surface area contributed by atoms with Gasteiger partial charge in [-0.3, -0.25) is 14.6 Å². The van der Waals surface area contributed by atoms with Crippen LogP contribution < -0.4 is 10.1 Å². The number of methoxy groups -OCH3 is 1. The molecule has 0 fully saturated rings. The quantitative estimate of drug-likeness (QED) is 0.413. The van der Waals surface area contributed by atoms with Crippen LogP contribution in [-0.4, -0.2) is 47.9 Å². The zero-order valence-electron chi connectivity index (χ0n) is 16.6. The molecule has 0 bridgehead atoms. The van der Waals surface area contributed by atoms with Gasteiger partial charge in [-0.15, -0.1) is 0 Å². The molecule has 2 N–H and O–H groups in total. The number of hydrogen-bond donors (Lipinski definition) is 2.